The van der Waals surface area contributed by atoms with Gasteiger partial charge in [-0.15, -0.1) is 0 Å². The number of aryl methyl sites for hydroxylation is 1. The number of rotatable bonds is 4. The van der Waals surface area contributed by atoms with Crippen LogP contribution < -0.4 is 10.1 Å². The quantitative estimate of drug-likeness (QED) is 0.940. The van der Waals surface area contributed by atoms with Crippen LogP contribution in [0.25, 0.3) is 0 Å². The summed E-state index contributed by atoms with van der Waals surface area (Å²) < 4.78 is 18.9. The van der Waals surface area contributed by atoms with Crippen LogP contribution >= 0.6 is 0 Å². The summed E-state index contributed by atoms with van der Waals surface area (Å²) >= 11 is 0. The van der Waals surface area contributed by atoms with E-state index in [1.54, 1.807) is 12.3 Å². The monoisotopic (exact) mass is 288 g/mol. The summed E-state index contributed by atoms with van der Waals surface area (Å²) in [6.45, 7) is 3.70. The van der Waals surface area contributed by atoms with Crippen molar-refractivity contribution in [3.05, 3.63) is 59.2 Å². The molecule has 1 unspecified atom stereocenters. The van der Waals surface area contributed by atoms with Gasteiger partial charge in [0.1, 0.15) is 17.1 Å². The standard InChI is InChI=1S/C16H17FN2O2/c1-10-7-8-12(9-18-10)11(2)19-16(20)15-13(17)5-4-6-14(15)21-3/h4-9,11H,1-3H3,(H,19,20). The Morgan fingerprint density at radius 2 is 2.10 bits per heavy atom. The highest BCUT2D eigenvalue weighted by atomic mass is 19.1. The number of ether oxygens (including phenoxy) is 1. The highest BCUT2D eigenvalue weighted by Crippen LogP contribution is 2.22. The molecule has 0 saturated carbocycles. The van der Waals surface area contributed by atoms with E-state index in [9.17, 15) is 9.18 Å². The van der Waals surface area contributed by atoms with E-state index in [1.807, 2.05) is 26.0 Å². The second kappa shape index (κ2) is 6.35. The van der Waals surface area contributed by atoms with Crippen molar-refractivity contribution in [2.75, 3.05) is 7.11 Å². The van der Waals surface area contributed by atoms with Gasteiger partial charge in [0, 0.05) is 11.9 Å². The molecule has 1 atom stereocenters. The topological polar surface area (TPSA) is 51.2 Å². The predicted molar refractivity (Wildman–Crippen MR) is 77.8 cm³/mol. The molecule has 1 aromatic heterocycles. The van der Waals surface area contributed by atoms with Crippen LogP contribution in [0, 0.1) is 12.7 Å². The number of halogens is 1. The molecule has 0 spiro atoms. The van der Waals surface area contributed by atoms with Crippen molar-refractivity contribution in [3.63, 3.8) is 0 Å². The van der Waals surface area contributed by atoms with Gasteiger partial charge in [-0.2, -0.15) is 0 Å². The summed E-state index contributed by atoms with van der Waals surface area (Å²) in [6, 6.07) is 7.74. The van der Waals surface area contributed by atoms with Crippen molar-refractivity contribution in [3.8, 4) is 5.75 Å². The Morgan fingerprint density at radius 3 is 2.71 bits per heavy atom. The number of amides is 1. The lowest BCUT2D eigenvalue weighted by Gasteiger charge is -2.16. The van der Waals surface area contributed by atoms with Crippen molar-refractivity contribution >= 4 is 5.91 Å². The van der Waals surface area contributed by atoms with E-state index in [0.717, 1.165) is 11.3 Å². The highest BCUT2D eigenvalue weighted by molar-refractivity contribution is 5.97. The minimum atomic E-state index is -0.610. The van der Waals surface area contributed by atoms with Crippen LogP contribution in [0.3, 0.4) is 0 Å². The number of nitrogens with one attached hydrogen (secondary N) is 1. The molecule has 0 fully saturated rings. The average molecular weight is 288 g/mol. The minimum Gasteiger partial charge on any atom is -0.496 e. The normalized spacial score (nSPS) is 11.8. The summed E-state index contributed by atoms with van der Waals surface area (Å²) in [6.07, 6.45) is 1.69. The maximum Gasteiger partial charge on any atom is 0.258 e. The molecule has 0 bridgehead atoms. The maximum atomic E-state index is 13.8. The van der Waals surface area contributed by atoms with E-state index in [2.05, 4.69) is 10.3 Å². The highest BCUT2D eigenvalue weighted by Gasteiger charge is 2.19. The van der Waals surface area contributed by atoms with Gasteiger partial charge in [-0.25, -0.2) is 4.39 Å². The molecule has 4 nitrogen and oxygen atoms in total. The lowest BCUT2D eigenvalue weighted by atomic mass is 10.1. The maximum absolute atomic E-state index is 13.8. The first kappa shape index (κ1) is 15.0. The number of carbonyl (C=O) groups is 1. The van der Waals surface area contributed by atoms with Crippen LogP contribution in [0.5, 0.6) is 5.75 Å². The van der Waals surface area contributed by atoms with Gasteiger partial charge >= 0.3 is 0 Å². The van der Waals surface area contributed by atoms with Crippen LogP contribution in [-0.4, -0.2) is 18.0 Å². The molecule has 110 valence electrons. The van der Waals surface area contributed by atoms with Crippen molar-refractivity contribution in [1.29, 1.82) is 0 Å². The fourth-order valence-electron chi connectivity index (χ4n) is 1.98. The van der Waals surface area contributed by atoms with Crippen LogP contribution in [0.2, 0.25) is 0 Å². The van der Waals surface area contributed by atoms with E-state index in [4.69, 9.17) is 4.74 Å². The zero-order valence-electron chi connectivity index (χ0n) is 12.2. The molecule has 1 heterocycles. The van der Waals surface area contributed by atoms with Gasteiger partial charge in [0.15, 0.2) is 0 Å². The largest absolute Gasteiger partial charge is 0.496 e. The Bertz CT molecular complexity index is 641. The number of pyridine rings is 1. The van der Waals surface area contributed by atoms with E-state index in [1.165, 1.54) is 19.2 Å². The fraction of sp³-hybridized carbons (Fsp3) is 0.250. The minimum absolute atomic E-state index is 0.0908. The average Bonchev–Trinajstić information content (AvgIpc) is 2.47. The Hall–Kier alpha value is -2.43. The van der Waals surface area contributed by atoms with Crippen LogP contribution in [0.15, 0.2) is 36.5 Å². The summed E-state index contributed by atoms with van der Waals surface area (Å²) in [5.41, 5.74) is 1.66. The molecule has 5 heteroatoms. The third kappa shape index (κ3) is 3.37. The fourth-order valence-corrected chi connectivity index (χ4v) is 1.98. The zero-order valence-corrected chi connectivity index (χ0v) is 12.2. The van der Waals surface area contributed by atoms with Gasteiger partial charge in [0.25, 0.3) is 5.91 Å². The Morgan fingerprint density at radius 1 is 1.33 bits per heavy atom. The number of methoxy groups -OCH3 is 1. The molecular weight excluding hydrogens is 271 g/mol. The predicted octanol–water partition coefficient (Wildman–Crippen LogP) is 3.03. The summed E-state index contributed by atoms with van der Waals surface area (Å²) in [7, 11) is 1.40. The molecule has 0 aliphatic rings. The third-order valence-electron chi connectivity index (χ3n) is 3.20. The van der Waals surface area contributed by atoms with Crippen molar-refractivity contribution in [1.82, 2.24) is 10.3 Å². The van der Waals surface area contributed by atoms with Crippen LogP contribution in [0.1, 0.15) is 34.6 Å². The van der Waals surface area contributed by atoms with E-state index in [-0.39, 0.29) is 17.4 Å². The van der Waals surface area contributed by atoms with Gasteiger partial charge in [0.05, 0.1) is 13.2 Å². The number of benzene rings is 1. The first-order valence-electron chi connectivity index (χ1n) is 6.59. The molecule has 0 aliphatic heterocycles. The molecule has 1 aromatic carbocycles. The Kier molecular flexibility index (Phi) is 4.52. The first-order valence-corrected chi connectivity index (χ1v) is 6.59. The molecule has 21 heavy (non-hydrogen) atoms. The number of carbonyl (C=O) groups excluding carboxylic acids is 1. The Balaban J connectivity index is 2.20. The lowest BCUT2D eigenvalue weighted by molar-refractivity contribution is 0.0932. The van der Waals surface area contributed by atoms with Gasteiger partial charge < -0.3 is 10.1 Å². The third-order valence-corrected chi connectivity index (χ3v) is 3.20. The number of aromatic nitrogens is 1. The molecule has 2 rings (SSSR count). The first-order chi connectivity index (χ1) is 10.0. The summed E-state index contributed by atoms with van der Waals surface area (Å²) in [5.74, 6) is -0.916. The van der Waals surface area contributed by atoms with Crippen molar-refractivity contribution in [2.24, 2.45) is 0 Å². The van der Waals surface area contributed by atoms with Crippen molar-refractivity contribution in [2.45, 2.75) is 19.9 Å². The van der Waals surface area contributed by atoms with Gasteiger partial charge in [-0.3, -0.25) is 9.78 Å². The summed E-state index contributed by atoms with van der Waals surface area (Å²) in [4.78, 5) is 16.4. The number of nitrogens with zero attached hydrogens (tertiary/aromatic N) is 1. The molecule has 0 saturated heterocycles. The second-order valence-electron chi connectivity index (χ2n) is 4.75. The van der Waals surface area contributed by atoms with Gasteiger partial charge in [-0.1, -0.05) is 12.1 Å². The molecule has 2 aromatic rings. The Labute approximate surface area is 123 Å². The molecule has 0 radical (unpaired) electrons. The summed E-state index contributed by atoms with van der Waals surface area (Å²) in [5, 5.41) is 2.75. The SMILES string of the molecule is COc1cccc(F)c1C(=O)NC(C)c1ccc(C)nc1. The lowest BCUT2D eigenvalue weighted by Crippen LogP contribution is -2.28. The van der Waals surface area contributed by atoms with E-state index in [0.29, 0.717) is 0 Å². The van der Waals surface area contributed by atoms with Crippen LogP contribution in [-0.2, 0) is 0 Å². The number of hydrogen-bond donors (Lipinski definition) is 1. The van der Waals surface area contributed by atoms with Gasteiger partial charge in [0.2, 0.25) is 0 Å². The van der Waals surface area contributed by atoms with E-state index >= 15 is 0 Å². The molecule has 1 amide bonds. The van der Waals surface area contributed by atoms with Gasteiger partial charge in [-0.05, 0) is 37.6 Å². The van der Waals surface area contributed by atoms with Crippen LogP contribution in [0.4, 0.5) is 4.39 Å². The van der Waals surface area contributed by atoms with Crippen molar-refractivity contribution < 1.29 is 13.9 Å². The molecule has 0 aliphatic carbocycles. The van der Waals surface area contributed by atoms with E-state index < -0.39 is 11.7 Å². The second-order valence-corrected chi connectivity index (χ2v) is 4.75. The number of hydrogen-bond acceptors (Lipinski definition) is 3. The molecular formula is C16H17FN2O2. The zero-order chi connectivity index (χ0) is 15.4. The molecule has 1 N–H and O–H groups in total. The smallest absolute Gasteiger partial charge is 0.258 e.